The Morgan fingerprint density at radius 2 is 1.91 bits per heavy atom. The Kier molecular flexibility index (Phi) is 3.15. The highest BCUT2D eigenvalue weighted by Gasteiger charge is 2.46. The van der Waals surface area contributed by atoms with Crippen molar-refractivity contribution >= 4 is 11.6 Å². The molecule has 2 aliphatic rings. The maximum Gasteiger partial charge on any atom is 0.231 e. The minimum Gasteiger partial charge on any atom is -0.399 e. The van der Waals surface area contributed by atoms with Gasteiger partial charge in [0.2, 0.25) is 5.91 Å². The van der Waals surface area contributed by atoms with Gasteiger partial charge < -0.3 is 11.1 Å². The minimum absolute atomic E-state index is 0.0495. The van der Waals surface area contributed by atoms with E-state index in [4.69, 9.17) is 5.73 Å². The Hall–Kier alpha value is -2.36. The van der Waals surface area contributed by atoms with Crippen molar-refractivity contribution in [1.29, 1.82) is 0 Å². The number of hydrogen-bond acceptors (Lipinski definition) is 2. The fourth-order valence-electron chi connectivity index (χ4n) is 3.68. The van der Waals surface area contributed by atoms with Gasteiger partial charge in [-0.2, -0.15) is 0 Å². The first kappa shape index (κ1) is 14.2. The van der Waals surface area contributed by atoms with E-state index >= 15 is 0 Å². The van der Waals surface area contributed by atoms with Crippen LogP contribution >= 0.6 is 0 Å². The third-order valence-electron chi connectivity index (χ3n) is 5.32. The Labute approximate surface area is 134 Å². The zero-order chi connectivity index (χ0) is 16.0. The molecule has 2 aromatic carbocycles. The monoisotopic (exact) mass is 310 g/mol. The van der Waals surface area contributed by atoms with Gasteiger partial charge in [-0.1, -0.05) is 24.6 Å². The molecule has 0 spiro atoms. The Morgan fingerprint density at radius 3 is 2.57 bits per heavy atom. The average molecular weight is 310 g/mol. The largest absolute Gasteiger partial charge is 0.399 e. The second-order valence-corrected chi connectivity index (χ2v) is 6.63. The third kappa shape index (κ3) is 2.21. The molecular formula is C19H19FN2O. The molecule has 23 heavy (non-hydrogen) atoms. The maximum absolute atomic E-state index is 13.4. The average Bonchev–Trinajstić information content (AvgIpc) is 2.48. The van der Waals surface area contributed by atoms with Crippen LogP contribution in [0.3, 0.4) is 0 Å². The third-order valence-corrected chi connectivity index (χ3v) is 5.32. The van der Waals surface area contributed by atoms with Crippen LogP contribution in [0.15, 0.2) is 42.5 Å². The molecule has 0 aromatic heterocycles. The number of nitrogens with two attached hydrogens (primary N) is 1. The van der Waals surface area contributed by atoms with E-state index in [9.17, 15) is 9.18 Å². The van der Waals surface area contributed by atoms with Gasteiger partial charge in [0.05, 0.1) is 11.5 Å². The normalized spacial score (nSPS) is 20.8. The lowest BCUT2D eigenvalue weighted by molar-refractivity contribution is -0.130. The van der Waals surface area contributed by atoms with E-state index < -0.39 is 5.41 Å². The summed E-state index contributed by atoms with van der Waals surface area (Å²) in [4.78, 5) is 12.9. The number of nitrogens with one attached hydrogen (secondary N) is 1. The van der Waals surface area contributed by atoms with Gasteiger partial charge in [0.15, 0.2) is 0 Å². The summed E-state index contributed by atoms with van der Waals surface area (Å²) in [7, 11) is 0. The van der Waals surface area contributed by atoms with E-state index in [-0.39, 0.29) is 17.8 Å². The van der Waals surface area contributed by atoms with Gasteiger partial charge in [0.25, 0.3) is 0 Å². The Bertz CT molecular complexity index is 765. The van der Waals surface area contributed by atoms with Gasteiger partial charge in [-0.15, -0.1) is 0 Å². The summed E-state index contributed by atoms with van der Waals surface area (Å²) in [5, 5.41) is 3.12. The molecule has 0 bridgehead atoms. The molecule has 1 amide bonds. The van der Waals surface area contributed by atoms with Crippen LogP contribution in [0.25, 0.3) is 0 Å². The number of rotatable bonds is 3. The minimum atomic E-state index is -0.448. The van der Waals surface area contributed by atoms with E-state index in [0.717, 1.165) is 42.4 Å². The van der Waals surface area contributed by atoms with Crippen LogP contribution < -0.4 is 11.1 Å². The van der Waals surface area contributed by atoms with Gasteiger partial charge >= 0.3 is 0 Å². The SMILES string of the molecule is Nc1ccc(C2(C(=O)NC3Cc4ccc(F)cc43)CCC2)cc1. The maximum atomic E-state index is 13.4. The van der Waals surface area contributed by atoms with Crippen molar-refractivity contribution in [2.45, 2.75) is 37.1 Å². The molecule has 1 saturated carbocycles. The van der Waals surface area contributed by atoms with Crippen LogP contribution in [-0.2, 0) is 16.6 Å². The van der Waals surface area contributed by atoms with Crippen molar-refractivity contribution in [3.63, 3.8) is 0 Å². The molecular weight excluding hydrogens is 291 g/mol. The molecule has 2 aliphatic carbocycles. The number of nitrogen functional groups attached to an aromatic ring is 1. The lowest BCUT2D eigenvalue weighted by Crippen LogP contribution is -2.51. The molecule has 3 N–H and O–H groups in total. The number of carbonyl (C=O) groups excluding carboxylic acids is 1. The van der Waals surface area contributed by atoms with Crippen LogP contribution in [0.4, 0.5) is 10.1 Å². The molecule has 2 aromatic rings. The summed E-state index contributed by atoms with van der Waals surface area (Å²) >= 11 is 0. The summed E-state index contributed by atoms with van der Waals surface area (Å²) in [6, 6.07) is 12.3. The van der Waals surface area contributed by atoms with Gasteiger partial charge in [0, 0.05) is 5.69 Å². The van der Waals surface area contributed by atoms with Gasteiger partial charge in [-0.3, -0.25) is 4.79 Å². The first-order chi connectivity index (χ1) is 11.1. The van der Waals surface area contributed by atoms with E-state index in [1.54, 1.807) is 6.07 Å². The van der Waals surface area contributed by atoms with Gasteiger partial charge in [-0.05, 0) is 60.2 Å². The summed E-state index contributed by atoms with van der Waals surface area (Å²) < 4.78 is 13.4. The number of anilines is 1. The first-order valence-electron chi connectivity index (χ1n) is 8.04. The fraction of sp³-hybridized carbons (Fsp3) is 0.316. The van der Waals surface area contributed by atoms with Crippen molar-refractivity contribution < 1.29 is 9.18 Å². The fourth-order valence-corrected chi connectivity index (χ4v) is 3.68. The standard InChI is InChI=1S/C19H19FN2O/c20-14-5-2-12-10-17(16(12)11-14)22-18(23)19(8-1-9-19)13-3-6-15(21)7-4-13/h2-7,11,17H,1,8-10,21H2,(H,22,23). The molecule has 0 aliphatic heterocycles. The van der Waals surface area contributed by atoms with Crippen molar-refractivity contribution in [3.8, 4) is 0 Å². The first-order valence-corrected chi connectivity index (χ1v) is 8.04. The molecule has 0 radical (unpaired) electrons. The van der Waals surface area contributed by atoms with Crippen LogP contribution in [0.5, 0.6) is 0 Å². The lowest BCUT2D eigenvalue weighted by atomic mass is 9.63. The second kappa shape index (κ2) is 5.08. The van der Waals surface area contributed by atoms with Crippen molar-refractivity contribution in [2.75, 3.05) is 5.73 Å². The molecule has 0 heterocycles. The number of benzene rings is 2. The molecule has 0 saturated heterocycles. The molecule has 3 nitrogen and oxygen atoms in total. The summed E-state index contributed by atoms with van der Waals surface area (Å²) in [6.07, 6.45) is 3.53. The highest BCUT2D eigenvalue weighted by Crippen LogP contribution is 2.45. The molecule has 1 fully saturated rings. The molecule has 4 heteroatoms. The topological polar surface area (TPSA) is 55.1 Å². The van der Waals surface area contributed by atoms with E-state index in [1.807, 2.05) is 24.3 Å². The molecule has 118 valence electrons. The van der Waals surface area contributed by atoms with E-state index in [1.165, 1.54) is 12.1 Å². The van der Waals surface area contributed by atoms with Crippen LogP contribution in [0.1, 0.15) is 42.0 Å². The lowest BCUT2D eigenvalue weighted by Gasteiger charge is -2.43. The zero-order valence-corrected chi connectivity index (χ0v) is 12.8. The van der Waals surface area contributed by atoms with E-state index in [0.29, 0.717) is 5.69 Å². The predicted molar refractivity (Wildman–Crippen MR) is 87.4 cm³/mol. The second-order valence-electron chi connectivity index (χ2n) is 6.63. The number of amides is 1. The molecule has 4 rings (SSSR count). The molecule has 1 atom stereocenters. The van der Waals surface area contributed by atoms with Crippen LogP contribution in [-0.4, -0.2) is 5.91 Å². The Morgan fingerprint density at radius 1 is 1.17 bits per heavy atom. The highest BCUT2D eigenvalue weighted by molar-refractivity contribution is 5.90. The summed E-state index contributed by atoms with van der Waals surface area (Å²) in [5.41, 5.74) is 9.05. The quantitative estimate of drug-likeness (QED) is 0.855. The van der Waals surface area contributed by atoms with Crippen LogP contribution in [0.2, 0.25) is 0 Å². The number of hydrogen-bond donors (Lipinski definition) is 2. The summed E-state index contributed by atoms with van der Waals surface area (Å²) in [5.74, 6) is -0.201. The van der Waals surface area contributed by atoms with E-state index in [2.05, 4.69) is 5.32 Å². The predicted octanol–water partition coefficient (Wildman–Crippen LogP) is 3.24. The van der Waals surface area contributed by atoms with Crippen molar-refractivity contribution in [2.24, 2.45) is 0 Å². The summed E-state index contributed by atoms with van der Waals surface area (Å²) in [6.45, 7) is 0. The Balaban J connectivity index is 1.55. The number of fused-ring (bicyclic) bond motifs is 1. The van der Waals surface area contributed by atoms with Gasteiger partial charge in [-0.25, -0.2) is 4.39 Å². The highest BCUT2D eigenvalue weighted by atomic mass is 19.1. The van der Waals surface area contributed by atoms with Crippen molar-refractivity contribution in [1.82, 2.24) is 5.32 Å². The number of carbonyl (C=O) groups is 1. The zero-order valence-electron chi connectivity index (χ0n) is 12.8. The van der Waals surface area contributed by atoms with Crippen LogP contribution in [0, 0.1) is 5.82 Å². The number of halogens is 1. The smallest absolute Gasteiger partial charge is 0.231 e. The van der Waals surface area contributed by atoms with Crippen molar-refractivity contribution in [3.05, 3.63) is 65.0 Å². The molecule has 1 unspecified atom stereocenters. The van der Waals surface area contributed by atoms with Gasteiger partial charge in [0.1, 0.15) is 5.82 Å².